The Morgan fingerprint density at radius 1 is 1.14 bits per heavy atom. The van der Waals surface area contributed by atoms with Gasteiger partial charge < -0.3 is 11.2 Å². The Bertz CT molecular complexity index is 1390. The molecule has 1 aliphatic heterocycles. The summed E-state index contributed by atoms with van der Waals surface area (Å²) in [7, 11) is 1.43. The van der Waals surface area contributed by atoms with Gasteiger partial charge in [-0.3, -0.25) is 19.5 Å². The second-order valence-electron chi connectivity index (χ2n) is 7.81. The van der Waals surface area contributed by atoms with E-state index in [-0.39, 0.29) is 65.6 Å². The van der Waals surface area contributed by atoms with E-state index in [1.54, 1.807) is 12.1 Å². The van der Waals surface area contributed by atoms with E-state index in [1.165, 1.54) is 55.4 Å². The van der Waals surface area contributed by atoms with Crippen LogP contribution in [0.3, 0.4) is 0 Å². The molecule has 0 aliphatic carbocycles. The third-order valence-corrected chi connectivity index (χ3v) is 5.58. The van der Waals surface area contributed by atoms with E-state index in [0.717, 1.165) is 11.0 Å². The standard InChI is InChI=1S/C25H20F2N4O5.Na.H/c1-3-20(32)36-29-25(35)31(22-23(33)21-19(8-5-11-28-21)30(2)24(22)34)16-7-4-6-14(12-16)17-10-9-15(26)13-18(17)27;;/h4-13,22H,3H2,1-2H3,(H,29,35);;/q;+1;-1/t22-;;/m0../s1. The molecule has 0 saturated carbocycles. The maximum atomic E-state index is 14.5. The molecule has 2 heterocycles. The van der Waals surface area contributed by atoms with E-state index in [4.69, 9.17) is 4.84 Å². The Balaban J connectivity index is 0.00000253. The average Bonchev–Trinajstić information content (AvgIpc) is 2.88. The van der Waals surface area contributed by atoms with Gasteiger partial charge in [0.2, 0.25) is 5.78 Å². The summed E-state index contributed by atoms with van der Waals surface area (Å²) in [5.41, 5.74) is 2.48. The number of urea groups is 1. The van der Waals surface area contributed by atoms with Gasteiger partial charge in [-0.25, -0.2) is 18.4 Å². The molecule has 1 aliphatic rings. The van der Waals surface area contributed by atoms with E-state index in [2.05, 4.69) is 4.98 Å². The van der Waals surface area contributed by atoms with Crippen LogP contribution < -0.4 is 44.8 Å². The van der Waals surface area contributed by atoms with Crippen molar-refractivity contribution in [1.29, 1.82) is 0 Å². The number of carbonyl (C=O) groups excluding carboxylic acids is 4. The normalized spacial score (nSPS) is 14.4. The monoisotopic (exact) mass is 518 g/mol. The smallest absolute Gasteiger partial charge is 1.00 e. The fraction of sp³-hybridized carbons (Fsp3) is 0.160. The van der Waals surface area contributed by atoms with Crippen LogP contribution in [0.1, 0.15) is 25.3 Å². The van der Waals surface area contributed by atoms with Crippen LogP contribution in [-0.4, -0.2) is 41.8 Å². The summed E-state index contributed by atoms with van der Waals surface area (Å²) in [6.07, 6.45) is 1.34. The van der Waals surface area contributed by atoms with Crippen LogP contribution in [0.5, 0.6) is 0 Å². The molecule has 1 atom stereocenters. The molecular weight excluding hydrogens is 497 g/mol. The second kappa shape index (κ2) is 11.6. The molecule has 0 spiro atoms. The molecule has 4 rings (SSSR count). The van der Waals surface area contributed by atoms with Crippen molar-refractivity contribution in [3.63, 3.8) is 0 Å². The zero-order valence-corrected chi connectivity index (χ0v) is 22.2. The van der Waals surface area contributed by atoms with Crippen LogP contribution in [0.15, 0.2) is 60.8 Å². The molecule has 0 saturated heterocycles. The van der Waals surface area contributed by atoms with Crippen molar-refractivity contribution in [3.8, 4) is 11.1 Å². The number of hydroxylamine groups is 1. The molecule has 1 N–H and O–H groups in total. The predicted octanol–water partition coefficient (Wildman–Crippen LogP) is 0.755. The molecule has 3 amide bonds. The number of nitrogens with one attached hydrogen (secondary N) is 1. The van der Waals surface area contributed by atoms with Gasteiger partial charge in [-0.1, -0.05) is 19.1 Å². The molecule has 0 fully saturated rings. The fourth-order valence-corrected chi connectivity index (χ4v) is 3.78. The van der Waals surface area contributed by atoms with Crippen molar-refractivity contribution < 1.29 is 63.8 Å². The molecule has 12 heteroatoms. The van der Waals surface area contributed by atoms with Crippen molar-refractivity contribution in [2.24, 2.45) is 0 Å². The van der Waals surface area contributed by atoms with Gasteiger partial charge in [0.1, 0.15) is 17.3 Å². The van der Waals surface area contributed by atoms with Gasteiger partial charge in [0.15, 0.2) is 6.04 Å². The number of benzene rings is 2. The number of hydrogen-bond donors (Lipinski definition) is 1. The van der Waals surface area contributed by atoms with E-state index in [0.29, 0.717) is 6.07 Å². The summed E-state index contributed by atoms with van der Waals surface area (Å²) in [4.78, 5) is 62.3. The number of nitrogens with zero attached hydrogens (tertiary/aromatic N) is 3. The van der Waals surface area contributed by atoms with Crippen molar-refractivity contribution in [3.05, 3.63) is 78.1 Å². The molecular formula is C25H21F2N4NaO5. The molecule has 3 aromatic rings. The summed E-state index contributed by atoms with van der Waals surface area (Å²) >= 11 is 0. The fourth-order valence-electron chi connectivity index (χ4n) is 3.78. The summed E-state index contributed by atoms with van der Waals surface area (Å²) in [6, 6.07) is 9.08. The Kier molecular flexibility index (Phi) is 8.74. The first-order valence-electron chi connectivity index (χ1n) is 10.8. The number of likely N-dealkylation sites (N-methyl/N-ethyl adjacent to an activating group) is 1. The number of halogens is 2. The zero-order chi connectivity index (χ0) is 26.0. The number of carbonyl (C=O) groups is 4. The van der Waals surface area contributed by atoms with Gasteiger partial charge in [0.05, 0.1) is 5.69 Å². The minimum atomic E-state index is -1.70. The van der Waals surface area contributed by atoms with Gasteiger partial charge in [0, 0.05) is 37.0 Å². The molecule has 37 heavy (non-hydrogen) atoms. The van der Waals surface area contributed by atoms with E-state index < -0.39 is 41.4 Å². The Morgan fingerprint density at radius 3 is 2.59 bits per heavy atom. The number of ketones is 1. The molecule has 9 nitrogen and oxygen atoms in total. The van der Waals surface area contributed by atoms with Crippen LogP contribution in [0.25, 0.3) is 11.1 Å². The first-order valence-corrected chi connectivity index (χ1v) is 10.8. The van der Waals surface area contributed by atoms with Crippen molar-refractivity contribution >= 4 is 35.1 Å². The number of fused-ring (bicyclic) bond motifs is 1. The van der Waals surface area contributed by atoms with Gasteiger partial charge in [-0.2, -0.15) is 5.48 Å². The van der Waals surface area contributed by atoms with Crippen LogP contribution in [0.2, 0.25) is 0 Å². The number of Topliss-reactive ketones (excluding diaryl/α,β-unsaturated/α-hetero) is 1. The number of hydrogen-bond acceptors (Lipinski definition) is 6. The number of pyridine rings is 1. The van der Waals surface area contributed by atoms with E-state index in [9.17, 15) is 28.0 Å². The largest absolute Gasteiger partial charge is 1.00 e. The predicted molar refractivity (Wildman–Crippen MR) is 126 cm³/mol. The first kappa shape index (κ1) is 27.9. The topological polar surface area (TPSA) is 109 Å². The maximum absolute atomic E-state index is 14.5. The molecule has 2 aromatic carbocycles. The number of amides is 3. The summed E-state index contributed by atoms with van der Waals surface area (Å²) in [5, 5.41) is 0. The van der Waals surface area contributed by atoms with Gasteiger partial charge in [-0.15, -0.1) is 0 Å². The van der Waals surface area contributed by atoms with Crippen molar-refractivity contribution in [1.82, 2.24) is 10.5 Å². The molecule has 0 bridgehead atoms. The van der Waals surface area contributed by atoms with Crippen LogP contribution in [-0.2, 0) is 14.4 Å². The maximum Gasteiger partial charge on any atom is 1.00 e. The second-order valence-corrected chi connectivity index (χ2v) is 7.81. The average molecular weight is 518 g/mol. The van der Waals surface area contributed by atoms with Crippen LogP contribution in [0, 0.1) is 11.6 Å². The van der Waals surface area contributed by atoms with Gasteiger partial charge in [-0.05, 0) is 42.0 Å². The Labute approximate surface area is 234 Å². The molecule has 0 unspecified atom stereocenters. The van der Waals surface area contributed by atoms with Gasteiger partial charge in [0.25, 0.3) is 5.91 Å². The SMILES string of the molecule is CCC(=O)ONC(=O)N(c1cccc(-c2ccc(F)cc2F)c1)[C@H]1C(=O)c2ncccc2N(C)C1=O.[H-].[Na+]. The zero-order valence-electron chi connectivity index (χ0n) is 21.2. The Morgan fingerprint density at radius 2 is 1.89 bits per heavy atom. The summed E-state index contributed by atoms with van der Waals surface area (Å²) in [6.45, 7) is 1.51. The van der Waals surface area contributed by atoms with Crippen molar-refractivity contribution in [2.75, 3.05) is 16.8 Å². The Hall–Kier alpha value is -3.67. The number of aromatic nitrogens is 1. The van der Waals surface area contributed by atoms with Gasteiger partial charge >= 0.3 is 41.6 Å². The minimum absolute atomic E-state index is 0. The van der Waals surface area contributed by atoms with Crippen LogP contribution >= 0.6 is 0 Å². The quantitative estimate of drug-likeness (QED) is 0.310. The number of rotatable bonds is 4. The third kappa shape index (κ3) is 5.53. The molecule has 0 radical (unpaired) electrons. The molecule has 1 aromatic heterocycles. The molecule has 186 valence electrons. The number of anilines is 2. The summed E-state index contributed by atoms with van der Waals surface area (Å²) in [5.74, 6) is -3.86. The minimum Gasteiger partial charge on any atom is -1.00 e. The van der Waals surface area contributed by atoms with Crippen LogP contribution in [0.4, 0.5) is 25.0 Å². The first-order chi connectivity index (χ1) is 17.2. The van der Waals surface area contributed by atoms with E-state index >= 15 is 0 Å². The van der Waals surface area contributed by atoms with E-state index in [1.807, 2.05) is 5.48 Å². The summed E-state index contributed by atoms with van der Waals surface area (Å²) < 4.78 is 27.9. The van der Waals surface area contributed by atoms with Crippen molar-refractivity contribution in [2.45, 2.75) is 19.4 Å². The third-order valence-electron chi connectivity index (χ3n) is 5.58.